The SMILES string of the molecule is Cc1cc(Nc2nccc(C(F)(F)F)n2)cc(-c2cnc(C3(O)CCC(C(=O)NCCN4CCCC4=O)CC3)s2)c1. The van der Waals surface area contributed by atoms with Gasteiger partial charge in [0.05, 0.1) is 4.88 Å². The van der Waals surface area contributed by atoms with Crippen LogP contribution in [0, 0.1) is 12.8 Å². The first kappa shape index (κ1) is 28.9. The molecule has 0 unspecified atom stereocenters. The number of benzene rings is 1. The first-order valence-corrected chi connectivity index (χ1v) is 14.4. The van der Waals surface area contributed by atoms with E-state index in [-0.39, 0.29) is 23.7 Å². The Morgan fingerprint density at radius 3 is 2.71 bits per heavy atom. The van der Waals surface area contributed by atoms with Crippen molar-refractivity contribution in [2.75, 3.05) is 25.0 Å². The molecule has 1 saturated carbocycles. The van der Waals surface area contributed by atoms with Crippen LogP contribution in [0.15, 0.2) is 36.7 Å². The van der Waals surface area contributed by atoms with Crippen LogP contribution in [0.3, 0.4) is 0 Å². The number of alkyl halides is 3. The standard InChI is InChI=1S/C28H31F3N6O3S/c1-17-13-19(15-20(14-17)35-26-33-9-6-22(36-26)28(29,30)31)21-16-34-25(41-21)27(40)7-4-18(5-8-27)24(39)32-10-12-37-11-2-3-23(37)38/h6,9,13-16,18,40H,2-5,7-8,10-12H2,1H3,(H,32,39)(H,33,35,36). The average Bonchev–Trinajstić information content (AvgIpc) is 3.58. The van der Waals surface area contributed by atoms with Crippen LogP contribution >= 0.6 is 11.3 Å². The monoisotopic (exact) mass is 588 g/mol. The minimum absolute atomic E-state index is 0.0527. The highest BCUT2D eigenvalue weighted by atomic mass is 32.1. The van der Waals surface area contributed by atoms with E-state index in [9.17, 15) is 27.9 Å². The third-order valence-electron chi connectivity index (χ3n) is 7.50. The molecule has 0 bridgehead atoms. The van der Waals surface area contributed by atoms with Crippen LogP contribution in [-0.4, -0.2) is 56.4 Å². The number of rotatable bonds is 8. The van der Waals surface area contributed by atoms with Gasteiger partial charge in [-0.3, -0.25) is 9.59 Å². The van der Waals surface area contributed by atoms with Crippen molar-refractivity contribution < 1.29 is 27.9 Å². The lowest BCUT2D eigenvalue weighted by Crippen LogP contribution is -2.41. The predicted molar refractivity (Wildman–Crippen MR) is 147 cm³/mol. The molecule has 2 aliphatic rings. The van der Waals surface area contributed by atoms with Gasteiger partial charge in [-0.25, -0.2) is 15.0 Å². The Bertz CT molecular complexity index is 1420. The Morgan fingerprint density at radius 2 is 2.00 bits per heavy atom. The van der Waals surface area contributed by atoms with Crippen molar-refractivity contribution in [2.24, 2.45) is 5.92 Å². The zero-order chi connectivity index (χ0) is 29.2. The summed E-state index contributed by atoms with van der Waals surface area (Å²) in [6.07, 6.45) is 1.44. The highest BCUT2D eigenvalue weighted by Crippen LogP contribution is 2.43. The quantitative estimate of drug-likeness (QED) is 0.346. The Morgan fingerprint density at radius 1 is 1.22 bits per heavy atom. The van der Waals surface area contributed by atoms with Gasteiger partial charge in [-0.15, -0.1) is 11.3 Å². The number of hydrogen-bond acceptors (Lipinski definition) is 8. The van der Waals surface area contributed by atoms with E-state index in [1.54, 1.807) is 23.2 Å². The zero-order valence-electron chi connectivity index (χ0n) is 22.5. The molecule has 2 fully saturated rings. The zero-order valence-corrected chi connectivity index (χ0v) is 23.3. The lowest BCUT2D eigenvalue weighted by Gasteiger charge is -2.34. The maximum atomic E-state index is 13.0. The molecule has 5 rings (SSSR count). The largest absolute Gasteiger partial charge is 0.433 e. The minimum atomic E-state index is -4.58. The molecule has 3 N–H and O–H groups in total. The molecule has 3 heterocycles. The summed E-state index contributed by atoms with van der Waals surface area (Å²) in [4.78, 5) is 38.9. The van der Waals surface area contributed by atoms with Crippen LogP contribution in [0.25, 0.3) is 10.4 Å². The average molecular weight is 589 g/mol. The fourth-order valence-electron chi connectivity index (χ4n) is 5.30. The summed E-state index contributed by atoms with van der Waals surface area (Å²) in [6.45, 7) is 3.55. The fraction of sp³-hybridized carbons (Fsp3) is 0.464. The van der Waals surface area contributed by atoms with Crippen LogP contribution in [0.4, 0.5) is 24.8 Å². The van der Waals surface area contributed by atoms with Crippen molar-refractivity contribution in [1.29, 1.82) is 0 Å². The van der Waals surface area contributed by atoms with Gasteiger partial charge >= 0.3 is 6.18 Å². The number of aryl methyl sites for hydroxylation is 1. The Kier molecular flexibility index (Phi) is 8.28. The maximum Gasteiger partial charge on any atom is 0.433 e. The number of likely N-dealkylation sites (tertiary alicyclic amines) is 1. The summed E-state index contributed by atoms with van der Waals surface area (Å²) in [6, 6.07) is 6.29. The van der Waals surface area contributed by atoms with Crippen molar-refractivity contribution in [3.63, 3.8) is 0 Å². The van der Waals surface area contributed by atoms with Gasteiger partial charge in [0.15, 0.2) is 0 Å². The molecule has 41 heavy (non-hydrogen) atoms. The molecular weight excluding hydrogens is 557 g/mol. The van der Waals surface area contributed by atoms with E-state index in [1.807, 2.05) is 13.0 Å². The second kappa shape index (κ2) is 11.7. The summed E-state index contributed by atoms with van der Waals surface area (Å²) < 4.78 is 39.1. The van der Waals surface area contributed by atoms with E-state index in [0.717, 1.165) is 41.2 Å². The van der Waals surface area contributed by atoms with E-state index in [0.29, 0.717) is 55.9 Å². The number of aliphatic hydroxyl groups is 1. The number of carbonyl (C=O) groups is 2. The second-order valence-corrected chi connectivity index (χ2v) is 11.6. The molecule has 2 aromatic heterocycles. The molecule has 1 aromatic carbocycles. The molecule has 9 nitrogen and oxygen atoms in total. The third-order valence-corrected chi connectivity index (χ3v) is 8.74. The number of anilines is 2. The van der Waals surface area contributed by atoms with Crippen molar-refractivity contribution in [1.82, 2.24) is 25.2 Å². The number of nitrogens with zero attached hydrogens (tertiary/aromatic N) is 4. The number of thiazole rings is 1. The van der Waals surface area contributed by atoms with Gasteiger partial charge in [-0.1, -0.05) is 6.07 Å². The van der Waals surface area contributed by atoms with Crippen LogP contribution < -0.4 is 10.6 Å². The normalized spacial score (nSPS) is 21.2. The molecule has 1 aliphatic carbocycles. The third kappa shape index (κ3) is 6.84. The number of nitrogens with one attached hydrogen (secondary N) is 2. The Hall–Kier alpha value is -3.58. The summed E-state index contributed by atoms with van der Waals surface area (Å²) in [5, 5.41) is 17.7. The first-order valence-electron chi connectivity index (χ1n) is 13.5. The van der Waals surface area contributed by atoms with Crippen LogP contribution in [-0.2, 0) is 21.4 Å². The molecule has 218 valence electrons. The molecule has 0 radical (unpaired) electrons. The van der Waals surface area contributed by atoms with E-state index in [4.69, 9.17) is 0 Å². The van der Waals surface area contributed by atoms with E-state index < -0.39 is 17.5 Å². The van der Waals surface area contributed by atoms with Crippen LogP contribution in [0.1, 0.15) is 54.8 Å². The van der Waals surface area contributed by atoms with Gasteiger partial charge in [0.1, 0.15) is 16.3 Å². The van der Waals surface area contributed by atoms with Gasteiger partial charge in [0, 0.05) is 50.1 Å². The number of aromatic nitrogens is 3. The molecular formula is C28H31F3N6O3S. The summed E-state index contributed by atoms with van der Waals surface area (Å²) in [7, 11) is 0. The molecule has 13 heteroatoms. The minimum Gasteiger partial charge on any atom is -0.383 e. The van der Waals surface area contributed by atoms with Crippen molar-refractivity contribution in [3.05, 3.63) is 52.9 Å². The van der Waals surface area contributed by atoms with Crippen molar-refractivity contribution >= 4 is 34.8 Å². The summed E-state index contributed by atoms with van der Waals surface area (Å²) in [5.74, 6) is -0.288. The van der Waals surface area contributed by atoms with Gasteiger partial charge in [-0.05, 0) is 68.4 Å². The van der Waals surface area contributed by atoms with Gasteiger partial charge in [-0.2, -0.15) is 13.2 Å². The Balaban J connectivity index is 1.20. The number of hydrogen-bond donors (Lipinski definition) is 3. The molecule has 0 atom stereocenters. The molecule has 1 saturated heterocycles. The van der Waals surface area contributed by atoms with Crippen molar-refractivity contribution in [3.8, 4) is 10.4 Å². The molecule has 0 spiro atoms. The number of halogens is 3. The topological polar surface area (TPSA) is 120 Å². The summed E-state index contributed by atoms with van der Waals surface area (Å²) >= 11 is 1.35. The van der Waals surface area contributed by atoms with Gasteiger partial charge in [0.25, 0.3) is 0 Å². The second-order valence-electron chi connectivity index (χ2n) is 10.6. The van der Waals surface area contributed by atoms with Crippen LogP contribution in [0.5, 0.6) is 0 Å². The fourth-order valence-corrected chi connectivity index (χ4v) is 6.35. The van der Waals surface area contributed by atoms with Gasteiger partial charge < -0.3 is 20.6 Å². The van der Waals surface area contributed by atoms with Gasteiger partial charge in [0.2, 0.25) is 17.8 Å². The lowest BCUT2D eigenvalue weighted by molar-refractivity contribution is -0.141. The molecule has 1 aliphatic heterocycles. The Labute approximate surface area is 239 Å². The summed E-state index contributed by atoms with van der Waals surface area (Å²) in [5.41, 5.74) is 0.00329. The number of amides is 2. The predicted octanol–water partition coefficient (Wildman–Crippen LogP) is 4.79. The maximum absolute atomic E-state index is 13.0. The number of carbonyl (C=O) groups excluding carboxylic acids is 2. The first-order chi connectivity index (χ1) is 19.5. The smallest absolute Gasteiger partial charge is 0.383 e. The highest BCUT2D eigenvalue weighted by molar-refractivity contribution is 7.15. The molecule has 2 amide bonds. The van der Waals surface area contributed by atoms with E-state index in [1.165, 1.54) is 11.3 Å². The molecule has 3 aromatic rings. The van der Waals surface area contributed by atoms with E-state index in [2.05, 4.69) is 25.6 Å². The van der Waals surface area contributed by atoms with Crippen LogP contribution in [0.2, 0.25) is 0 Å². The van der Waals surface area contributed by atoms with E-state index >= 15 is 0 Å². The lowest BCUT2D eigenvalue weighted by atomic mass is 9.78. The highest BCUT2D eigenvalue weighted by Gasteiger charge is 2.39. The van der Waals surface area contributed by atoms with Crippen molar-refractivity contribution in [2.45, 2.75) is 57.2 Å².